The first-order chi connectivity index (χ1) is 7.51. The number of aromatic hydroxyl groups is 1. The smallest absolute Gasteiger partial charge is 0.321 e. The monoisotopic (exact) mass is 240 g/mol. The second-order valence-corrected chi connectivity index (χ2v) is 3.08. The number of rotatable bonds is 3. The molecule has 6 nitrogen and oxygen atoms in total. The van der Waals surface area contributed by atoms with Crippen molar-refractivity contribution in [2.24, 2.45) is 0 Å². The number of benzene rings is 1. The van der Waals surface area contributed by atoms with Gasteiger partial charge in [-0.3, -0.25) is 14.9 Å². The van der Waals surface area contributed by atoms with Crippen LogP contribution < -0.4 is 0 Å². The lowest BCUT2D eigenvalue weighted by atomic mass is 10.1. The highest BCUT2D eigenvalue weighted by molar-refractivity contribution is 6.31. The minimum Gasteiger partial charge on any atom is -0.502 e. The third-order valence-corrected chi connectivity index (χ3v) is 2.07. The standard InChI is InChI=1S/C9H5ClN2O4/c10-3-8(14)6-1-5(4-11)2-7(13)9(6)12(15)16/h1-2,13H,3H2. The van der Waals surface area contributed by atoms with E-state index in [-0.39, 0.29) is 11.1 Å². The number of nitro benzene ring substituents is 1. The predicted molar refractivity (Wildman–Crippen MR) is 54.5 cm³/mol. The molecule has 0 spiro atoms. The number of nitrogens with zero attached hydrogens (tertiary/aromatic N) is 2. The maximum atomic E-state index is 11.3. The van der Waals surface area contributed by atoms with Gasteiger partial charge in [0.05, 0.1) is 22.4 Å². The SMILES string of the molecule is N#Cc1cc(O)c([N+](=O)[O-])c(C(=O)CCl)c1. The van der Waals surface area contributed by atoms with Crippen molar-refractivity contribution >= 4 is 23.1 Å². The molecule has 0 aliphatic heterocycles. The van der Waals surface area contributed by atoms with Crippen molar-refractivity contribution in [2.75, 3.05) is 5.88 Å². The van der Waals surface area contributed by atoms with Crippen LogP contribution in [0.25, 0.3) is 0 Å². The molecule has 1 N–H and O–H groups in total. The Labute approximate surface area is 94.8 Å². The van der Waals surface area contributed by atoms with E-state index in [1.807, 2.05) is 0 Å². The Morgan fingerprint density at radius 1 is 1.62 bits per heavy atom. The Hall–Kier alpha value is -2.13. The lowest BCUT2D eigenvalue weighted by molar-refractivity contribution is -0.386. The predicted octanol–water partition coefficient (Wildman–Crippen LogP) is 1.59. The number of phenolic OH excluding ortho intramolecular Hbond substituents is 1. The highest BCUT2D eigenvalue weighted by Gasteiger charge is 2.25. The summed E-state index contributed by atoms with van der Waals surface area (Å²) in [6, 6.07) is 3.63. The molecule has 16 heavy (non-hydrogen) atoms. The van der Waals surface area contributed by atoms with Crippen LogP contribution in [-0.4, -0.2) is 21.7 Å². The van der Waals surface area contributed by atoms with Crippen LogP contribution in [-0.2, 0) is 0 Å². The maximum Gasteiger partial charge on any atom is 0.321 e. The summed E-state index contributed by atoms with van der Waals surface area (Å²) < 4.78 is 0. The molecule has 82 valence electrons. The molecule has 0 aliphatic rings. The van der Waals surface area contributed by atoms with Gasteiger partial charge in [0.1, 0.15) is 5.56 Å². The molecule has 0 atom stereocenters. The average Bonchev–Trinajstić information content (AvgIpc) is 2.26. The number of alkyl halides is 1. The number of hydrogen-bond acceptors (Lipinski definition) is 5. The van der Waals surface area contributed by atoms with Gasteiger partial charge in [0.25, 0.3) is 0 Å². The lowest BCUT2D eigenvalue weighted by Crippen LogP contribution is -2.06. The first-order valence-corrected chi connectivity index (χ1v) is 4.55. The third kappa shape index (κ3) is 2.10. The molecule has 0 heterocycles. The molecule has 0 amide bonds. The van der Waals surface area contributed by atoms with Crippen LogP contribution in [0.2, 0.25) is 0 Å². The normalized spacial score (nSPS) is 9.50. The van der Waals surface area contributed by atoms with Gasteiger partial charge in [-0.15, -0.1) is 11.6 Å². The highest BCUT2D eigenvalue weighted by atomic mass is 35.5. The second-order valence-electron chi connectivity index (χ2n) is 2.82. The van der Waals surface area contributed by atoms with E-state index in [1.165, 1.54) is 0 Å². The van der Waals surface area contributed by atoms with Crippen molar-refractivity contribution < 1.29 is 14.8 Å². The molecule has 0 fully saturated rings. The van der Waals surface area contributed by atoms with Crippen LogP contribution in [0.15, 0.2) is 12.1 Å². The minimum atomic E-state index is -0.893. The van der Waals surface area contributed by atoms with Crippen LogP contribution in [0, 0.1) is 21.4 Å². The molecule has 0 saturated carbocycles. The Morgan fingerprint density at radius 3 is 2.69 bits per heavy atom. The zero-order valence-electron chi connectivity index (χ0n) is 7.81. The van der Waals surface area contributed by atoms with Crippen molar-refractivity contribution in [3.63, 3.8) is 0 Å². The van der Waals surface area contributed by atoms with E-state index >= 15 is 0 Å². The van der Waals surface area contributed by atoms with E-state index in [1.54, 1.807) is 6.07 Å². The first-order valence-electron chi connectivity index (χ1n) is 4.02. The lowest BCUT2D eigenvalue weighted by Gasteiger charge is -2.02. The summed E-state index contributed by atoms with van der Waals surface area (Å²) in [6.07, 6.45) is 0. The highest BCUT2D eigenvalue weighted by Crippen LogP contribution is 2.31. The van der Waals surface area contributed by atoms with E-state index < -0.39 is 28.0 Å². The zero-order chi connectivity index (χ0) is 12.3. The quantitative estimate of drug-likeness (QED) is 0.374. The van der Waals surface area contributed by atoms with Crippen LogP contribution in [0.3, 0.4) is 0 Å². The molecular formula is C9H5ClN2O4. The Kier molecular flexibility index (Phi) is 3.43. The molecule has 0 aromatic heterocycles. The molecule has 0 unspecified atom stereocenters. The zero-order valence-corrected chi connectivity index (χ0v) is 8.56. The number of carbonyl (C=O) groups is 1. The maximum absolute atomic E-state index is 11.3. The van der Waals surface area contributed by atoms with Gasteiger partial charge < -0.3 is 5.11 Å². The van der Waals surface area contributed by atoms with Gasteiger partial charge in [0, 0.05) is 6.07 Å². The molecule has 0 aliphatic carbocycles. The summed E-state index contributed by atoms with van der Waals surface area (Å²) in [5.41, 5.74) is -1.14. The second kappa shape index (κ2) is 4.59. The molecule has 1 aromatic carbocycles. The van der Waals surface area contributed by atoms with Gasteiger partial charge in [-0.2, -0.15) is 5.26 Å². The summed E-state index contributed by atoms with van der Waals surface area (Å²) in [5.74, 6) is -1.91. The largest absolute Gasteiger partial charge is 0.502 e. The Morgan fingerprint density at radius 2 is 2.25 bits per heavy atom. The van der Waals surface area contributed by atoms with Gasteiger partial charge in [0.2, 0.25) is 0 Å². The van der Waals surface area contributed by atoms with Gasteiger partial charge >= 0.3 is 5.69 Å². The molecule has 7 heteroatoms. The summed E-state index contributed by atoms with van der Waals surface area (Å²) in [5, 5.41) is 28.6. The van der Waals surface area contributed by atoms with Crippen molar-refractivity contribution in [3.05, 3.63) is 33.4 Å². The summed E-state index contributed by atoms with van der Waals surface area (Å²) >= 11 is 5.27. The summed E-state index contributed by atoms with van der Waals surface area (Å²) in [4.78, 5) is 21.0. The average molecular weight is 241 g/mol. The number of ketones is 1. The molecular weight excluding hydrogens is 236 g/mol. The number of nitro groups is 1. The van der Waals surface area contributed by atoms with E-state index in [4.69, 9.17) is 16.9 Å². The van der Waals surface area contributed by atoms with Crippen LogP contribution in [0.4, 0.5) is 5.69 Å². The van der Waals surface area contributed by atoms with Gasteiger partial charge in [-0.1, -0.05) is 0 Å². The van der Waals surface area contributed by atoms with E-state index in [0.717, 1.165) is 12.1 Å². The van der Waals surface area contributed by atoms with Crippen LogP contribution in [0.5, 0.6) is 5.75 Å². The minimum absolute atomic E-state index is 0.0448. The van der Waals surface area contributed by atoms with Crippen LogP contribution in [0.1, 0.15) is 15.9 Å². The van der Waals surface area contributed by atoms with Gasteiger partial charge in [0.15, 0.2) is 11.5 Å². The Bertz CT molecular complexity index is 507. The first kappa shape index (κ1) is 11.9. The fraction of sp³-hybridized carbons (Fsp3) is 0.111. The topological polar surface area (TPSA) is 104 Å². The van der Waals surface area contributed by atoms with Crippen molar-refractivity contribution in [2.45, 2.75) is 0 Å². The molecule has 1 rings (SSSR count). The number of phenols is 1. The molecule has 1 aromatic rings. The molecule has 0 saturated heterocycles. The number of nitriles is 1. The van der Waals surface area contributed by atoms with Gasteiger partial charge in [-0.05, 0) is 6.07 Å². The molecule has 0 bridgehead atoms. The molecule has 0 radical (unpaired) electrons. The van der Waals surface area contributed by atoms with E-state index in [0.29, 0.717) is 0 Å². The van der Waals surface area contributed by atoms with Crippen molar-refractivity contribution in [3.8, 4) is 11.8 Å². The number of carbonyl (C=O) groups excluding carboxylic acids is 1. The third-order valence-electron chi connectivity index (χ3n) is 1.82. The van der Waals surface area contributed by atoms with E-state index in [2.05, 4.69) is 0 Å². The fourth-order valence-corrected chi connectivity index (χ4v) is 1.30. The van der Waals surface area contributed by atoms with Gasteiger partial charge in [-0.25, -0.2) is 0 Å². The van der Waals surface area contributed by atoms with E-state index in [9.17, 15) is 20.0 Å². The van der Waals surface area contributed by atoms with Crippen LogP contribution >= 0.6 is 11.6 Å². The van der Waals surface area contributed by atoms with Crippen molar-refractivity contribution in [1.29, 1.82) is 5.26 Å². The summed E-state index contributed by atoms with van der Waals surface area (Å²) in [7, 11) is 0. The Balaban J connectivity index is 3.54. The number of hydrogen-bond donors (Lipinski definition) is 1. The van der Waals surface area contributed by atoms with Crippen molar-refractivity contribution in [1.82, 2.24) is 0 Å². The fourth-order valence-electron chi connectivity index (χ4n) is 1.16. The summed E-state index contributed by atoms with van der Waals surface area (Å²) in [6.45, 7) is 0. The number of Topliss-reactive ketones (excluding diaryl/α,β-unsaturated/α-hetero) is 1. The number of halogens is 1.